The van der Waals surface area contributed by atoms with E-state index in [1.54, 1.807) is 6.20 Å². The number of aromatic nitrogens is 1. The van der Waals surface area contributed by atoms with Crippen molar-refractivity contribution in [1.29, 1.82) is 0 Å². The van der Waals surface area contributed by atoms with E-state index < -0.39 is 6.04 Å². The first-order valence-electron chi connectivity index (χ1n) is 7.58. The fraction of sp³-hybridized carbons (Fsp3) is 0.533. The van der Waals surface area contributed by atoms with E-state index in [0.717, 1.165) is 24.5 Å². The third-order valence-electron chi connectivity index (χ3n) is 3.94. The highest BCUT2D eigenvalue weighted by Crippen LogP contribution is 2.18. The number of anilines is 1. The average Bonchev–Trinajstić information content (AvgIpc) is 3.00. The van der Waals surface area contributed by atoms with Gasteiger partial charge in [-0.25, -0.2) is 4.98 Å². The molecule has 0 radical (unpaired) electrons. The van der Waals surface area contributed by atoms with Crippen LogP contribution in [0.15, 0.2) is 18.3 Å². The molecule has 1 aromatic rings. The molecular weight excluding hydrogens is 284 g/mol. The molecule has 2 saturated heterocycles. The summed E-state index contributed by atoms with van der Waals surface area (Å²) in [7, 11) is 0. The normalized spacial score (nSPS) is 21.5. The van der Waals surface area contributed by atoms with Crippen LogP contribution in [0.4, 0.5) is 5.82 Å². The lowest BCUT2D eigenvalue weighted by atomic mass is 10.2. The van der Waals surface area contributed by atoms with Gasteiger partial charge in [0.1, 0.15) is 11.9 Å². The first kappa shape index (κ1) is 14.8. The molecule has 7 nitrogen and oxygen atoms in total. The average molecular weight is 304 g/mol. The largest absolute Gasteiger partial charge is 0.378 e. The summed E-state index contributed by atoms with van der Waals surface area (Å²) in [6, 6.07) is 3.42. The Hall–Kier alpha value is -2.15. The number of amides is 2. The Balaban J connectivity index is 1.62. The minimum atomic E-state index is -0.406. The Morgan fingerprint density at radius 1 is 1.45 bits per heavy atom. The molecule has 0 aliphatic carbocycles. The van der Waals surface area contributed by atoms with E-state index in [-0.39, 0.29) is 11.8 Å². The molecule has 2 amide bonds. The molecule has 22 heavy (non-hydrogen) atoms. The fourth-order valence-electron chi connectivity index (χ4n) is 2.74. The molecule has 0 saturated carbocycles. The predicted molar refractivity (Wildman–Crippen MR) is 80.3 cm³/mol. The predicted octanol–water partition coefficient (Wildman–Crippen LogP) is -0.187. The van der Waals surface area contributed by atoms with Crippen molar-refractivity contribution in [3.05, 3.63) is 23.9 Å². The summed E-state index contributed by atoms with van der Waals surface area (Å²) < 4.78 is 5.36. The molecule has 2 aliphatic heterocycles. The summed E-state index contributed by atoms with van der Waals surface area (Å²) in [5.74, 6) is 0.694. The highest BCUT2D eigenvalue weighted by Gasteiger charge is 2.27. The summed E-state index contributed by atoms with van der Waals surface area (Å²) in [6.07, 6.45) is 2.74. The molecule has 2 fully saturated rings. The Morgan fingerprint density at radius 2 is 2.27 bits per heavy atom. The van der Waals surface area contributed by atoms with Gasteiger partial charge in [0.25, 0.3) is 0 Å². The van der Waals surface area contributed by atoms with Gasteiger partial charge in [0, 0.05) is 37.8 Å². The third kappa shape index (κ3) is 3.36. The van der Waals surface area contributed by atoms with Gasteiger partial charge in [-0.05, 0) is 12.5 Å². The van der Waals surface area contributed by atoms with E-state index in [4.69, 9.17) is 4.74 Å². The smallest absolute Gasteiger partial charge is 0.242 e. The second-order valence-corrected chi connectivity index (χ2v) is 5.46. The number of hydrogen-bond acceptors (Lipinski definition) is 5. The molecule has 1 atom stereocenters. The zero-order valence-corrected chi connectivity index (χ0v) is 12.4. The van der Waals surface area contributed by atoms with E-state index >= 15 is 0 Å². The number of ether oxygens (including phenoxy) is 1. The Kier molecular flexibility index (Phi) is 4.53. The van der Waals surface area contributed by atoms with Crippen LogP contribution >= 0.6 is 0 Å². The summed E-state index contributed by atoms with van der Waals surface area (Å²) in [4.78, 5) is 29.9. The highest BCUT2D eigenvalue weighted by atomic mass is 16.5. The number of pyridine rings is 1. The summed E-state index contributed by atoms with van der Waals surface area (Å²) in [5, 5.41) is 5.56. The van der Waals surface area contributed by atoms with E-state index in [9.17, 15) is 9.59 Å². The highest BCUT2D eigenvalue weighted by molar-refractivity contribution is 5.90. The second kappa shape index (κ2) is 6.74. The zero-order chi connectivity index (χ0) is 15.4. The van der Waals surface area contributed by atoms with Gasteiger partial charge < -0.3 is 20.3 Å². The number of carbonyl (C=O) groups is 2. The molecule has 1 aromatic heterocycles. The topological polar surface area (TPSA) is 83.6 Å². The van der Waals surface area contributed by atoms with Crippen molar-refractivity contribution in [2.75, 3.05) is 31.2 Å². The van der Waals surface area contributed by atoms with E-state index in [1.165, 1.54) is 0 Å². The van der Waals surface area contributed by atoms with Gasteiger partial charge in [0.2, 0.25) is 11.8 Å². The van der Waals surface area contributed by atoms with Crippen molar-refractivity contribution in [3.8, 4) is 0 Å². The van der Waals surface area contributed by atoms with Crippen LogP contribution in [0.5, 0.6) is 0 Å². The number of hydrogen-bond donors (Lipinski definition) is 2. The lowest BCUT2D eigenvalue weighted by Gasteiger charge is -2.29. The van der Waals surface area contributed by atoms with Crippen LogP contribution < -0.4 is 15.5 Å². The maximum atomic E-state index is 12.1. The molecule has 118 valence electrons. The van der Waals surface area contributed by atoms with Gasteiger partial charge in [-0.15, -0.1) is 0 Å². The van der Waals surface area contributed by atoms with Crippen LogP contribution in [0.25, 0.3) is 0 Å². The van der Waals surface area contributed by atoms with Gasteiger partial charge in [-0.3, -0.25) is 9.59 Å². The Labute approximate surface area is 129 Å². The molecule has 2 aliphatic rings. The van der Waals surface area contributed by atoms with Crippen LogP contribution in [0.1, 0.15) is 18.4 Å². The van der Waals surface area contributed by atoms with Crippen molar-refractivity contribution in [3.63, 3.8) is 0 Å². The number of rotatable bonds is 4. The first-order valence-corrected chi connectivity index (χ1v) is 7.58. The second-order valence-electron chi connectivity index (χ2n) is 5.46. The van der Waals surface area contributed by atoms with Crippen LogP contribution in [-0.2, 0) is 20.9 Å². The van der Waals surface area contributed by atoms with Crippen LogP contribution in [0.3, 0.4) is 0 Å². The van der Waals surface area contributed by atoms with Crippen molar-refractivity contribution in [2.45, 2.75) is 25.4 Å². The first-order chi connectivity index (χ1) is 10.7. The summed E-state index contributed by atoms with van der Waals surface area (Å²) >= 11 is 0. The maximum absolute atomic E-state index is 12.1. The van der Waals surface area contributed by atoms with Gasteiger partial charge in [0.05, 0.1) is 13.2 Å². The fourth-order valence-corrected chi connectivity index (χ4v) is 2.74. The van der Waals surface area contributed by atoms with E-state index in [1.807, 2.05) is 12.1 Å². The molecule has 3 heterocycles. The minimum absolute atomic E-state index is 0.0597. The number of morpholine rings is 1. The molecular formula is C15H20N4O3. The monoisotopic (exact) mass is 304 g/mol. The van der Waals surface area contributed by atoms with Gasteiger partial charge in [-0.1, -0.05) is 6.07 Å². The lowest BCUT2D eigenvalue weighted by molar-refractivity contribution is -0.125. The molecule has 0 aromatic carbocycles. The maximum Gasteiger partial charge on any atom is 0.242 e. The van der Waals surface area contributed by atoms with Crippen LogP contribution in [0.2, 0.25) is 0 Å². The van der Waals surface area contributed by atoms with Gasteiger partial charge in [0.15, 0.2) is 0 Å². The molecule has 7 heteroatoms. The van der Waals surface area contributed by atoms with Crippen molar-refractivity contribution in [2.24, 2.45) is 0 Å². The molecule has 2 N–H and O–H groups in total. The quantitative estimate of drug-likeness (QED) is 0.806. The van der Waals surface area contributed by atoms with Crippen molar-refractivity contribution in [1.82, 2.24) is 15.6 Å². The van der Waals surface area contributed by atoms with Crippen molar-refractivity contribution < 1.29 is 14.3 Å². The Morgan fingerprint density at radius 3 is 3.00 bits per heavy atom. The lowest BCUT2D eigenvalue weighted by Crippen LogP contribution is -2.42. The molecule has 0 spiro atoms. The molecule has 0 unspecified atom stereocenters. The molecule has 3 rings (SSSR count). The SMILES string of the molecule is O=C1CC[C@@H](C(=O)NCc2cccnc2N2CCOCC2)N1. The van der Waals surface area contributed by atoms with E-state index in [2.05, 4.69) is 20.5 Å². The molecule has 0 bridgehead atoms. The van der Waals surface area contributed by atoms with Crippen LogP contribution in [-0.4, -0.2) is 49.1 Å². The van der Waals surface area contributed by atoms with E-state index in [0.29, 0.717) is 32.6 Å². The van der Waals surface area contributed by atoms with Gasteiger partial charge in [-0.2, -0.15) is 0 Å². The third-order valence-corrected chi connectivity index (χ3v) is 3.94. The van der Waals surface area contributed by atoms with Crippen LogP contribution in [0, 0.1) is 0 Å². The zero-order valence-electron chi connectivity index (χ0n) is 12.4. The summed E-state index contributed by atoms with van der Waals surface area (Å²) in [5.41, 5.74) is 0.974. The minimum Gasteiger partial charge on any atom is -0.378 e. The standard InChI is InChI=1S/C15H20N4O3/c20-13-4-3-12(18-13)15(21)17-10-11-2-1-5-16-14(11)19-6-8-22-9-7-19/h1-2,5,12H,3-4,6-10H2,(H,17,21)(H,18,20)/t12-/m0/s1. The number of carbonyl (C=O) groups excluding carboxylic acids is 2. The number of nitrogens with zero attached hydrogens (tertiary/aromatic N) is 2. The van der Waals surface area contributed by atoms with Crippen molar-refractivity contribution >= 4 is 17.6 Å². The number of nitrogens with one attached hydrogen (secondary N) is 2. The van der Waals surface area contributed by atoms with Gasteiger partial charge >= 0.3 is 0 Å². The Bertz CT molecular complexity index is 557. The summed E-state index contributed by atoms with van der Waals surface area (Å²) in [6.45, 7) is 3.39.